The van der Waals surface area contributed by atoms with Gasteiger partial charge in [-0.15, -0.1) is 0 Å². The van der Waals surface area contributed by atoms with Crippen molar-refractivity contribution in [1.82, 2.24) is 15.3 Å². The molecule has 3 aromatic rings. The summed E-state index contributed by atoms with van der Waals surface area (Å²) in [5.74, 6) is -2.76. The van der Waals surface area contributed by atoms with Gasteiger partial charge in [0.25, 0.3) is 5.91 Å². The number of aliphatic carboxylic acids is 1. The molecular formula is C22H21F3N4O3. The molecule has 3 N–H and O–H groups in total. The highest BCUT2D eigenvalue weighted by Crippen LogP contribution is 2.28. The Morgan fingerprint density at radius 2 is 1.75 bits per heavy atom. The van der Waals surface area contributed by atoms with E-state index in [2.05, 4.69) is 50.5 Å². The number of nitrogens with one attached hydrogen (secondary N) is 2. The van der Waals surface area contributed by atoms with E-state index < -0.39 is 12.1 Å². The fraction of sp³-hybridized carbons (Fsp3) is 0.227. The lowest BCUT2D eigenvalue weighted by Crippen LogP contribution is -2.31. The first-order chi connectivity index (χ1) is 15.1. The van der Waals surface area contributed by atoms with E-state index in [4.69, 9.17) is 9.90 Å². The lowest BCUT2D eigenvalue weighted by molar-refractivity contribution is -0.192. The van der Waals surface area contributed by atoms with Crippen LogP contribution in [0.2, 0.25) is 0 Å². The molecule has 1 aliphatic heterocycles. The highest BCUT2D eigenvalue weighted by atomic mass is 19.4. The van der Waals surface area contributed by atoms with E-state index in [1.54, 1.807) is 0 Å². The molecule has 3 heterocycles. The highest BCUT2D eigenvalue weighted by molar-refractivity contribution is 5.97. The summed E-state index contributed by atoms with van der Waals surface area (Å²) >= 11 is 0. The number of H-pyrrole nitrogens is 1. The number of aromatic amines is 1. The van der Waals surface area contributed by atoms with Crippen molar-refractivity contribution >= 4 is 17.6 Å². The monoisotopic (exact) mass is 446 g/mol. The van der Waals surface area contributed by atoms with Gasteiger partial charge in [0.1, 0.15) is 0 Å². The number of halogens is 3. The first-order valence-electron chi connectivity index (χ1n) is 9.60. The van der Waals surface area contributed by atoms with E-state index in [9.17, 15) is 18.0 Å². The van der Waals surface area contributed by atoms with Crippen LogP contribution in [0, 0.1) is 0 Å². The standard InChI is InChI=1S/C20H20N4O.C2HF3O2/c1-24(2)15-5-3-13(4-6-15)18-11-14(7-9-21-18)19-12-16-17(23-19)8-10-22-20(16)25;3-2(4,5)1(6)7/h3-7,9,11-12,23H,8,10H2,1-2H3,(H,22,25);(H,6,7). The molecule has 0 radical (unpaired) electrons. The molecule has 2 aromatic heterocycles. The second kappa shape index (κ2) is 9.13. The van der Waals surface area contributed by atoms with Crippen molar-refractivity contribution in [2.45, 2.75) is 12.6 Å². The lowest BCUT2D eigenvalue weighted by atomic mass is 10.1. The number of amides is 1. The predicted molar refractivity (Wildman–Crippen MR) is 114 cm³/mol. The second-order valence-electron chi connectivity index (χ2n) is 7.26. The summed E-state index contributed by atoms with van der Waals surface area (Å²) < 4.78 is 31.7. The predicted octanol–water partition coefficient (Wildman–Crippen LogP) is 3.73. The van der Waals surface area contributed by atoms with Crippen LogP contribution < -0.4 is 10.2 Å². The van der Waals surface area contributed by atoms with Gasteiger partial charge < -0.3 is 20.3 Å². The normalized spacial score (nSPS) is 12.8. The maximum Gasteiger partial charge on any atom is 0.490 e. The summed E-state index contributed by atoms with van der Waals surface area (Å²) in [5.41, 5.74) is 6.88. The minimum absolute atomic E-state index is 0.00250. The van der Waals surface area contributed by atoms with Crippen LogP contribution in [-0.4, -0.2) is 53.8 Å². The van der Waals surface area contributed by atoms with E-state index in [1.807, 2.05) is 32.4 Å². The third-order valence-corrected chi connectivity index (χ3v) is 4.80. The van der Waals surface area contributed by atoms with Crippen molar-refractivity contribution in [1.29, 1.82) is 0 Å². The quantitative estimate of drug-likeness (QED) is 0.570. The maximum atomic E-state index is 12.0. The highest BCUT2D eigenvalue weighted by Gasteiger charge is 2.38. The Balaban J connectivity index is 0.000000360. The number of benzene rings is 1. The Labute approximate surface area is 181 Å². The molecule has 10 heteroatoms. The van der Waals surface area contributed by atoms with Gasteiger partial charge >= 0.3 is 12.1 Å². The second-order valence-corrected chi connectivity index (χ2v) is 7.26. The van der Waals surface area contributed by atoms with Gasteiger partial charge in [0, 0.05) is 61.5 Å². The molecule has 4 rings (SSSR count). The van der Waals surface area contributed by atoms with Gasteiger partial charge in [0.2, 0.25) is 0 Å². The number of hydrogen-bond acceptors (Lipinski definition) is 4. The number of carbonyl (C=O) groups is 2. The number of alkyl halides is 3. The zero-order valence-electron chi connectivity index (χ0n) is 17.3. The number of carbonyl (C=O) groups excluding carboxylic acids is 1. The molecule has 168 valence electrons. The summed E-state index contributed by atoms with van der Waals surface area (Å²) in [4.78, 5) is 30.8. The summed E-state index contributed by atoms with van der Waals surface area (Å²) in [5, 5.41) is 10.0. The molecule has 1 amide bonds. The van der Waals surface area contributed by atoms with Crippen LogP contribution in [0.5, 0.6) is 0 Å². The smallest absolute Gasteiger partial charge is 0.475 e. The van der Waals surface area contributed by atoms with E-state index in [0.717, 1.165) is 45.9 Å². The first kappa shape index (κ1) is 22.9. The van der Waals surface area contributed by atoms with Gasteiger partial charge in [-0.3, -0.25) is 9.78 Å². The molecule has 0 fully saturated rings. The Kier molecular flexibility index (Phi) is 6.52. The van der Waals surface area contributed by atoms with E-state index in [-0.39, 0.29) is 5.91 Å². The number of anilines is 1. The van der Waals surface area contributed by atoms with Crippen molar-refractivity contribution in [3.63, 3.8) is 0 Å². The number of fused-ring (bicyclic) bond motifs is 1. The van der Waals surface area contributed by atoms with Gasteiger partial charge in [0.15, 0.2) is 0 Å². The number of nitrogens with zero attached hydrogens (tertiary/aromatic N) is 2. The van der Waals surface area contributed by atoms with Crippen LogP contribution in [-0.2, 0) is 11.2 Å². The number of pyridine rings is 1. The minimum atomic E-state index is -5.08. The van der Waals surface area contributed by atoms with E-state index in [0.29, 0.717) is 6.54 Å². The molecule has 1 aromatic carbocycles. The number of carboxylic acids is 1. The van der Waals surface area contributed by atoms with Crippen LogP contribution >= 0.6 is 0 Å². The van der Waals surface area contributed by atoms with Crippen LogP contribution in [0.25, 0.3) is 22.5 Å². The molecule has 0 saturated carbocycles. The molecule has 0 saturated heterocycles. The van der Waals surface area contributed by atoms with Crippen molar-refractivity contribution in [2.75, 3.05) is 25.5 Å². The van der Waals surface area contributed by atoms with Gasteiger partial charge in [-0.25, -0.2) is 4.79 Å². The summed E-state index contributed by atoms with van der Waals surface area (Å²) in [6.07, 6.45) is -2.44. The third-order valence-electron chi connectivity index (χ3n) is 4.80. The molecule has 0 unspecified atom stereocenters. The molecule has 32 heavy (non-hydrogen) atoms. The van der Waals surface area contributed by atoms with Crippen molar-refractivity contribution in [3.05, 3.63) is 59.9 Å². The maximum absolute atomic E-state index is 12.0. The molecule has 7 nitrogen and oxygen atoms in total. The number of aromatic nitrogens is 2. The summed E-state index contributed by atoms with van der Waals surface area (Å²) in [7, 11) is 4.05. The molecule has 1 aliphatic rings. The van der Waals surface area contributed by atoms with Gasteiger partial charge in [-0.2, -0.15) is 13.2 Å². The number of carboxylic acid groups (broad SMARTS) is 1. The largest absolute Gasteiger partial charge is 0.490 e. The van der Waals surface area contributed by atoms with Crippen LogP contribution in [0.1, 0.15) is 16.1 Å². The Morgan fingerprint density at radius 3 is 2.31 bits per heavy atom. The molecule has 0 aliphatic carbocycles. The lowest BCUT2D eigenvalue weighted by Gasteiger charge is -2.12. The average Bonchev–Trinajstić information content (AvgIpc) is 3.20. The fourth-order valence-electron chi connectivity index (χ4n) is 3.14. The Morgan fingerprint density at radius 1 is 1.09 bits per heavy atom. The van der Waals surface area contributed by atoms with Gasteiger partial charge in [-0.05, 0) is 30.3 Å². The zero-order chi connectivity index (χ0) is 23.5. The topological polar surface area (TPSA) is 98.3 Å². The molecular weight excluding hydrogens is 425 g/mol. The number of rotatable bonds is 3. The minimum Gasteiger partial charge on any atom is -0.475 e. The first-order valence-corrected chi connectivity index (χ1v) is 9.60. The summed E-state index contributed by atoms with van der Waals surface area (Å²) in [6.45, 7) is 0.686. The van der Waals surface area contributed by atoms with Crippen LogP contribution in [0.4, 0.5) is 18.9 Å². The molecule has 0 spiro atoms. The SMILES string of the molecule is CN(C)c1ccc(-c2cc(-c3cc4c([nH]3)CCNC4=O)ccn2)cc1.O=C(O)C(F)(F)F. The average molecular weight is 446 g/mol. The summed E-state index contributed by atoms with van der Waals surface area (Å²) in [6, 6.07) is 14.3. The Bertz CT molecular complexity index is 1120. The zero-order valence-corrected chi connectivity index (χ0v) is 17.3. The number of hydrogen-bond donors (Lipinski definition) is 3. The van der Waals surface area contributed by atoms with Crippen molar-refractivity contribution < 1.29 is 27.9 Å². The van der Waals surface area contributed by atoms with Crippen molar-refractivity contribution in [3.8, 4) is 22.5 Å². The van der Waals surface area contributed by atoms with Crippen LogP contribution in [0.3, 0.4) is 0 Å². The van der Waals surface area contributed by atoms with E-state index >= 15 is 0 Å². The third kappa shape index (κ3) is 5.26. The molecule has 0 bridgehead atoms. The van der Waals surface area contributed by atoms with Crippen molar-refractivity contribution in [2.24, 2.45) is 0 Å². The molecule has 0 atom stereocenters. The fourth-order valence-corrected chi connectivity index (χ4v) is 3.14. The van der Waals surface area contributed by atoms with E-state index in [1.165, 1.54) is 0 Å². The van der Waals surface area contributed by atoms with Gasteiger partial charge in [0.05, 0.1) is 11.3 Å². The van der Waals surface area contributed by atoms with Crippen LogP contribution in [0.15, 0.2) is 48.7 Å². The van der Waals surface area contributed by atoms with Gasteiger partial charge in [-0.1, -0.05) is 12.1 Å². The Hall–Kier alpha value is -3.82.